The van der Waals surface area contributed by atoms with E-state index in [0.29, 0.717) is 23.5 Å². The maximum absolute atomic E-state index is 14.1. The van der Waals surface area contributed by atoms with Crippen molar-refractivity contribution in [3.63, 3.8) is 0 Å². The number of nitrogens with one attached hydrogen (secondary N) is 1. The second kappa shape index (κ2) is 14.1. The third-order valence-electron chi connectivity index (χ3n) is 8.01. The smallest absolute Gasteiger partial charge is 0.243 e. The second-order valence-electron chi connectivity index (χ2n) is 11.3. The molecule has 2 aliphatic rings. The van der Waals surface area contributed by atoms with Crippen LogP contribution in [0.5, 0.6) is 0 Å². The molecule has 6 rings (SSSR count). The fourth-order valence-corrected chi connectivity index (χ4v) is 7.05. The maximum Gasteiger partial charge on any atom is 0.243 e. The second-order valence-corrected chi connectivity index (χ2v) is 13.3. The molecule has 0 saturated carbocycles. The lowest BCUT2D eigenvalue weighted by Gasteiger charge is -2.22. The number of unbranched alkanes of at least 4 members (excludes halogenated alkanes) is 3. The summed E-state index contributed by atoms with van der Waals surface area (Å²) in [6.45, 7) is 0.547. The summed E-state index contributed by atoms with van der Waals surface area (Å²) in [5, 5.41) is 14.0. The van der Waals surface area contributed by atoms with E-state index in [1.807, 2.05) is 109 Å². The average Bonchev–Trinajstić information content (AvgIpc) is 3.08. The van der Waals surface area contributed by atoms with Crippen LogP contribution in [0, 0.1) is 0 Å². The van der Waals surface area contributed by atoms with Crippen molar-refractivity contribution in [3.8, 4) is 22.5 Å². The topological polar surface area (TPSA) is 95.1 Å². The van der Waals surface area contributed by atoms with Gasteiger partial charge in [0, 0.05) is 65.8 Å². The molecule has 234 valence electrons. The van der Waals surface area contributed by atoms with Crippen LogP contribution in [0.3, 0.4) is 0 Å². The number of anilines is 2. The van der Waals surface area contributed by atoms with Gasteiger partial charge in [0.2, 0.25) is 10.0 Å². The van der Waals surface area contributed by atoms with Gasteiger partial charge in [-0.3, -0.25) is 0 Å². The van der Waals surface area contributed by atoms with Crippen LogP contribution in [0.2, 0.25) is 0 Å². The van der Waals surface area contributed by atoms with E-state index in [2.05, 4.69) is 5.32 Å². The summed E-state index contributed by atoms with van der Waals surface area (Å²) in [5.74, 6) is 0.598. The molecule has 0 atom stereocenters. The standard InChI is InChI=1S/C38H37N3O4S/c1-41(24-12-2-3-13-25-42)46(43,44)37-19-11-10-18-34(37)38-32-22-20-30(39-28-14-6-4-7-15-28)26-35(32)45-36-27-31(21-23-33(36)38)40-29-16-8-5-9-17-29/h4-11,14-23,26-27,39,42H,2-3,12-13,24-25H2,1H3. The zero-order valence-corrected chi connectivity index (χ0v) is 26.6. The fourth-order valence-electron chi connectivity index (χ4n) is 5.64. The highest BCUT2D eigenvalue weighted by molar-refractivity contribution is 7.89. The van der Waals surface area contributed by atoms with Crippen molar-refractivity contribution in [2.24, 2.45) is 4.99 Å². The molecule has 4 aromatic carbocycles. The number of rotatable bonds is 12. The molecule has 0 saturated heterocycles. The number of sulfonamides is 1. The first kappa shape index (κ1) is 31.2. The van der Waals surface area contributed by atoms with Crippen molar-refractivity contribution < 1.29 is 17.9 Å². The number of fused-ring (bicyclic) bond motifs is 2. The number of aliphatic hydroxyl groups excluding tert-OH is 1. The van der Waals surface area contributed by atoms with Crippen molar-refractivity contribution in [1.29, 1.82) is 0 Å². The van der Waals surface area contributed by atoms with E-state index >= 15 is 0 Å². The van der Waals surface area contributed by atoms with Gasteiger partial charge in [-0.05, 0) is 67.4 Å². The molecule has 46 heavy (non-hydrogen) atoms. The van der Waals surface area contributed by atoms with Gasteiger partial charge in [-0.15, -0.1) is 0 Å². The van der Waals surface area contributed by atoms with Gasteiger partial charge < -0.3 is 14.8 Å². The quantitative estimate of drug-likeness (QED) is 0.105. The summed E-state index contributed by atoms with van der Waals surface area (Å²) in [6.07, 6.45) is 3.17. The highest BCUT2D eigenvalue weighted by Crippen LogP contribution is 2.43. The number of hydrogen-bond acceptors (Lipinski definition) is 6. The van der Waals surface area contributed by atoms with Crippen LogP contribution >= 0.6 is 0 Å². The SMILES string of the molecule is CN(CCCCCCO)S(=O)(=O)c1ccccc1-c1c2ccc(=Nc3ccccc3)cc-2oc2cc(Nc3ccccc3)ccc12. The van der Waals surface area contributed by atoms with Crippen molar-refractivity contribution >= 4 is 38.1 Å². The van der Waals surface area contributed by atoms with E-state index in [1.54, 1.807) is 19.2 Å². The lowest BCUT2D eigenvalue weighted by molar-refractivity contribution is 0.281. The van der Waals surface area contributed by atoms with Crippen LogP contribution in [0.1, 0.15) is 25.7 Å². The summed E-state index contributed by atoms with van der Waals surface area (Å²) >= 11 is 0. The van der Waals surface area contributed by atoms with Crippen molar-refractivity contribution in [1.82, 2.24) is 4.31 Å². The normalized spacial score (nSPS) is 12.3. The lowest BCUT2D eigenvalue weighted by Crippen LogP contribution is -2.28. The predicted molar refractivity (Wildman–Crippen MR) is 185 cm³/mol. The molecular weight excluding hydrogens is 595 g/mol. The molecule has 8 heteroatoms. The Balaban J connectivity index is 1.50. The minimum atomic E-state index is -3.82. The highest BCUT2D eigenvalue weighted by atomic mass is 32.2. The van der Waals surface area contributed by atoms with Crippen LogP contribution in [0.25, 0.3) is 33.4 Å². The van der Waals surface area contributed by atoms with E-state index in [-0.39, 0.29) is 11.5 Å². The minimum Gasteiger partial charge on any atom is -0.456 e. The van der Waals surface area contributed by atoms with Crippen LogP contribution in [0.15, 0.2) is 136 Å². The molecule has 0 fully saturated rings. The van der Waals surface area contributed by atoms with Crippen LogP contribution in [0.4, 0.5) is 17.1 Å². The van der Waals surface area contributed by atoms with E-state index < -0.39 is 10.0 Å². The highest BCUT2D eigenvalue weighted by Gasteiger charge is 2.27. The first-order valence-electron chi connectivity index (χ1n) is 15.5. The molecule has 4 aromatic rings. The molecule has 1 aliphatic heterocycles. The summed E-state index contributed by atoms with van der Waals surface area (Å²) in [5.41, 5.74) is 5.42. The van der Waals surface area contributed by atoms with Crippen molar-refractivity contribution in [2.45, 2.75) is 30.6 Å². The van der Waals surface area contributed by atoms with Gasteiger partial charge >= 0.3 is 0 Å². The van der Waals surface area contributed by atoms with Gasteiger partial charge in [0.1, 0.15) is 11.3 Å². The molecule has 1 heterocycles. The van der Waals surface area contributed by atoms with Gasteiger partial charge in [-0.1, -0.05) is 67.4 Å². The van der Waals surface area contributed by atoms with Gasteiger partial charge in [0.05, 0.1) is 15.9 Å². The molecule has 0 bridgehead atoms. The number of hydrogen-bond donors (Lipinski definition) is 2. The Bertz CT molecular complexity index is 2080. The van der Waals surface area contributed by atoms with Gasteiger partial charge in [0.15, 0.2) is 0 Å². The molecule has 1 aliphatic carbocycles. The van der Waals surface area contributed by atoms with E-state index in [4.69, 9.17) is 14.5 Å². The van der Waals surface area contributed by atoms with Crippen molar-refractivity contribution in [2.75, 3.05) is 25.5 Å². The number of para-hydroxylation sites is 2. The van der Waals surface area contributed by atoms with Crippen LogP contribution < -0.4 is 10.7 Å². The third kappa shape index (κ3) is 6.89. The molecule has 0 radical (unpaired) electrons. The fraction of sp³-hybridized carbons (Fsp3) is 0.184. The number of benzene rings is 5. The van der Waals surface area contributed by atoms with Gasteiger partial charge in [-0.2, -0.15) is 0 Å². The Morgan fingerprint density at radius 3 is 2.24 bits per heavy atom. The Labute approximate surface area is 269 Å². The van der Waals surface area contributed by atoms with Crippen LogP contribution in [-0.4, -0.2) is 38.0 Å². The van der Waals surface area contributed by atoms with Gasteiger partial charge in [-0.25, -0.2) is 17.7 Å². The summed E-state index contributed by atoms with van der Waals surface area (Å²) in [6, 6.07) is 38.5. The van der Waals surface area contributed by atoms with E-state index in [9.17, 15) is 8.42 Å². The molecule has 7 nitrogen and oxygen atoms in total. The molecule has 2 N–H and O–H groups in total. The Hall–Kier alpha value is -4.76. The monoisotopic (exact) mass is 631 g/mol. The zero-order valence-electron chi connectivity index (χ0n) is 25.8. The zero-order chi connectivity index (χ0) is 31.9. The summed E-state index contributed by atoms with van der Waals surface area (Å²) in [7, 11) is -2.19. The third-order valence-corrected chi connectivity index (χ3v) is 9.92. The average molecular weight is 632 g/mol. The van der Waals surface area contributed by atoms with Crippen molar-refractivity contribution in [3.05, 3.63) is 127 Å². The molecule has 0 unspecified atom stereocenters. The minimum absolute atomic E-state index is 0.151. The van der Waals surface area contributed by atoms with Crippen LogP contribution in [-0.2, 0) is 10.0 Å². The Morgan fingerprint density at radius 2 is 1.46 bits per heavy atom. The molecule has 0 spiro atoms. The largest absolute Gasteiger partial charge is 0.456 e. The number of aliphatic hydroxyl groups is 1. The van der Waals surface area contributed by atoms with Gasteiger partial charge in [0.25, 0.3) is 0 Å². The Kier molecular flexibility index (Phi) is 9.59. The summed E-state index contributed by atoms with van der Waals surface area (Å²) < 4.78 is 36.1. The first-order valence-corrected chi connectivity index (χ1v) is 17.0. The predicted octanol–water partition coefficient (Wildman–Crippen LogP) is 8.35. The first-order chi connectivity index (χ1) is 22.4. The maximum atomic E-state index is 14.1. The molecular formula is C38H37N3O4S. The molecule has 0 amide bonds. The number of nitrogens with zero attached hydrogens (tertiary/aromatic N) is 2. The van der Waals surface area contributed by atoms with E-state index in [1.165, 1.54) is 4.31 Å². The molecule has 0 aromatic heterocycles. The summed E-state index contributed by atoms with van der Waals surface area (Å²) in [4.78, 5) is 5.03. The van der Waals surface area contributed by atoms with E-state index in [0.717, 1.165) is 64.6 Å². The Morgan fingerprint density at radius 1 is 0.739 bits per heavy atom. The lowest BCUT2D eigenvalue weighted by atomic mass is 9.93.